The second kappa shape index (κ2) is 15.4. The summed E-state index contributed by atoms with van der Waals surface area (Å²) in [5, 5.41) is 3.00. The van der Waals surface area contributed by atoms with Crippen LogP contribution in [-0.4, -0.2) is 86.5 Å². The molecule has 2 heterocycles. The van der Waals surface area contributed by atoms with Gasteiger partial charge in [-0.25, -0.2) is 8.42 Å². The summed E-state index contributed by atoms with van der Waals surface area (Å²) in [6.07, 6.45) is 11.6. The summed E-state index contributed by atoms with van der Waals surface area (Å²) >= 11 is 0. The van der Waals surface area contributed by atoms with E-state index in [1.807, 2.05) is 12.1 Å². The van der Waals surface area contributed by atoms with Gasteiger partial charge in [0.1, 0.15) is 0 Å². The third-order valence-corrected chi connectivity index (χ3v) is 8.16. The van der Waals surface area contributed by atoms with E-state index in [1.54, 1.807) is 12.4 Å². The molecule has 11 heteroatoms. The van der Waals surface area contributed by atoms with Crippen LogP contribution in [0.25, 0.3) is 0 Å². The number of aliphatic imine (C=N–C) groups is 1. The molecule has 0 amide bonds. The molecule has 10 nitrogen and oxygen atoms in total. The monoisotopic (exact) mass is 510 g/mol. The van der Waals surface area contributed by atoms with E-state index in [4.69, 9.17) is 15.3 Å². The quantitative estimate of drug-likeness (QED) is 0.169. The van der Waals surface area contributed by atoms with Gasteiger partial charge in [-0.05, 0) is 37.8 Å². The fourth-order valence-corrected chi connectivity index (χ4v) is 6.10. The van der Waals surface area contributed by atoms with Crippen molar-refractivity contribution in [2.45, 2.75) is 63.8 Å². The van der Waals surface area contributed by atoms with Crippen LogP contribution in [0.5, 0.6) is 0 Å². The molecule has 1 aromatic heterocycles. The Morgan fingerprint density at radius 1 is 1.20 bits per heavy atom. The molecular weight excluding hydrogens is 468 g/mol. The summed E-state index contributed by atoms with van der Waals surface area (Å²) in [7, 11) is -3.46. The molecular formula is C24H42N6O4S. The smallest absolute Gasteiger partial charge is 0.236 e. The zero-order valence-corrected chi connectivity index (χ0v) is 21.6. The minimum absolute atomic E-state index is 0.0388. The number of ether oxygens (including phenoxy) is 1. The van der Waals surface area contributed by atoms with Crippen molar-refractivity contribution in [2.24, 2.45) is 10.7 Å². The summed E-state index contributed by atoms with van der Waals surface area (Å²) in [5.41, 5.74) is 6.70. The Balaban J connectivity index is 1.37. The third-order valence-electron chi connectivity index (χ3n) is 6.40. The molecule has 0 radical (unpaired) electrons. The molecule has 3 rings (SSSR count). The van der Waals surface area contributed by atoms with Gasteiger partial charge in [-0.3, -0.25) is 19.7 Å². The number of nitrogens with two attached hydrogens (primary N) is 1. The van der Waals surface area contributed by atoms with Crippen molar-refractivity contribution in [3.8, 4) is 0 Å². The van der Waals surface area contributed by atoms with Crippen LogP contribution in [0, 0.1) is 0 Å². The summed E-state index contributed by atoms with van der Waals surface area (Å²) in [5.74, 6) is 0.479. The normalized spacial score (nSPS) is 18.7. The molecule has 1 aromatic rings. The summed E-state index contributed by atoms with van der Waals surface area (Å²) in [6.45, 7) is 4.91. The number of hydrogen-bond acceptors (Lipinski definition) is 7. The van der Waals surface area contributed by atoms with Gasteiger partial charge >= 0.3 is 0 Å². The number of rotatable bonds is 14. The van der Waals surface area contributed by atoms with Gasteiger partial charge in [-0.1, -0.05) is 36.6 Å². The molecule has 0 bridgehead atoms. The SMILES string of the molecule is NC(=NCCCCCCS(=O)(=O)N(OCCN1CCOCC1)C1CCCCC1)Nc1cccnc1. The number of morpholine rings is 1. The number of nitrogens with one attached hydrogen (secondary N) is 1. The van der Waals surface area contributed by atoms with E-state index in [9.17, 15) is 8.42 Å². The second-order valence-electron chi connectivity index (χ2n) is 9.20. The number of aromatic nitrogens is 1. The van der Waals surface area contributed by atoms with E-state index in [-0.39, 0.29) is 11.8 Å². The number of hydrogen-bond donors (Lipinski definition) is 2. The van der Waals surface area contributed by atoms with Crippen molar-refractivity contribution in [1.82, 2.24) is 14.4 Å². The third kappa shape index (κ3) is 10.4. The highest BCUT2D eigenvalue weighted by Crippen LogP contribution is 2.26. The average molecular weight is 511 g/mol. The maximum Gasteiger partial charge on any atom is 0.236 e. The molecule has 3 N–H and O–H groups in total. The highest BCUT2D eigenvalue weighted by atomic mass is 32.2. The molecule has 1 aliphatic carbocycles. The predicted molar refractivity (Wildman–Crippen MR) is 139 cm³/mol. The highest BCUT2D eigenvalue weighted by Gasteiger charge is 2.32. The highest BCUT2D eigenvalue weighted by molar-refractivity contribution is 7.88. The Morgan fingerprint density at radius 3 is 2.71 bits per heavy atom. The fraction of sp³-hybridized carbons (Fsp3) is 0.750. The van der Waals surface area contributed by atoms with Gasteiger partial charge in [0.2, 0.25) is 10.0 Å². The maximum atomic E-state index is 13.2. The molecule has 2 aliphatic rings. The van der Waals surface area contributed by atoms with Gasteiger partial charge in [0.25, 0.3) is 0 Å². The lowest BCUT2D eigenvalue weighted by Gasteiger charge is -2.33. The van der Waals surface area contributed by atoms with Crippen molar-refractivity contribution >= 4 is 21.7 Å². The number of guanidine groups is 1. The van der Waals surface area contributed by atoms with E-state index in [0.29, 0.717) is 25.5 Å². The predicted octanol–water partition coefficient (Wildman–Crippen LogP) is 2.60. The van der Waals surface area contributed by atoms with E-state index in [1.165, 1.54) is 10.9 Å². The molecule has 0 aromatic carbocycles. The molecule has 198 valence electrons. The zero-order chi connectivity index (χ0) is 24.8. The topological polar surface area (TPSA) is 122 Å². The van der Waals surface area contributed by atoms with Crippen molar-refractivity contribution in [3.63, 3.8) is 0 Å². The summed E-state index contributed by atoms with van der Waals surface area (Å²) in [4.78, 5) is 16.6. The van der Waals surface area contributed by atoms with Crippen LogP contribution in [0.1, 0.15) is 57.8 Å². The number of nitrogens with zero attached hydrogens (tertiary/aromatic N) is 4. The lowest BCUT2D eigenvalue weighted by Crippen LogP contribution is -2.45. The molecule has 1 saturated carbocycles. The van der Waals surface area contributed by atoms with Crippen LogP contribution in [-0.2, 0) is 19.6 Å². The minimum atomic E-state index is -3.46. The van der Waals surface area contributed by atoms with Crippen LogP contribution in [0.15, 0.2) is 29.5 Å². The van der Waals surface area contributed by atoms with Crippen LogP contribution in [0.4, 0.5) is 5.69 Å². The van der Waals surface area contributed by atoms with Gasteiger partial charge in [0, 0.05) is 32.4 Å². The Bertz CT molecular complexity index is 843. The van der Waals surface area contributed by atoms with Crippen molar-refractivity contribution in [2.75, 3.05) is 57.1 Å². The first-order chi connectivity index (χ1) is 17.0. The molecule has 0 spiro atoms. The van der Waals surface area contributed by atoms with Gasteiger partial charge in [-0.2, -0.15) is 0 Å². The Kier molecular flexibility index (Phi) is 12.2. The number of anilines is 1. The number of sulfonamides is 1. The molecule has 2 fully saturated rings. The second-order valence-corrected chi connectivity index (χ2v) is 11.1. The molecule has 0 unspecified atom stereocenters. The standard InChI is InChI=1S/C24H42N6O4S/c25-24(28-22-9-8-12-26-21-22)27-13-6-1-2-7-20-35(31,32)30(23-10-4-3-5-11-23)34-19-16-29-14-17-33-18-15-29/h8-9,12,21,23H,1-7,10-11,13-20H2,(H3,25,27,28). The lowest BCUT2D eigenvalue weighted by molar-refractivity contribution is -0.126. The average Bonchev–Trinajstić information content (AvgIpc) is 2.87. The van der Waals surface area contributed by atoms with Crippen LogP contribution < -0.4 is 11.1 Å². The minimum Gasteiger partial charge on any atom is -0.379 e. The molecule has 1 aliphatic heterocycles. The van der Waals surface area contributed by atoms with Crippen molar-refractivity contribution < 1.29 is 18.0 Å². The molecule has 35 heavy (non-hydrogen) atoms. The zero-order valence-electron chi connectivity index (χ0n) is 20.8. The van der Waals surface area contributed by atoms with Gasteiger partial charge < -0.3 is 15.8 Å². The number of hydroxylamine groups is 1. The van der Waals surface area contributed by atoms with E-state index < -0.39 is 10.0 Å². The van der Waals surface area contributed by atoms with Crippen molar-refractivity contribution in [3.05, 3.63) is 24.5 Å². The Morgan fingerprint density at radius 2 is 1.97 bits per heavy atom. The summed E-state index contributed by atoms with van der Waals surface area (Å²) in [6, 6.07) is 3.66. The largest absolute Gasteiger partial charge is 0.379 e. The van der Waals surface area contributed by atoms with Crippen LogP contribution >= 0.6 is 0 Å². The number of pyridine rings is 1. The molecule has 0 atom stereocenters. The van der Waals surface area contributed by atoms with E-state index >= 15 is 0 Å². The van der Waals surface area contributed by atoms with E-state index in [2.05, 4.69) is 20.2 Å². The van der Waals surface area contributed by atoms with E-state index in [0.717, 1.165) is 83.5 Å². The van der Waals surface area contributed by atoms with Gasteiger partial charge in [0.15, 0.2) is 5.96 Å². The first-order valence-electron chi connectivity index (χ1n) is 13.0. The molecule has 1 saturated heterocycles. The lowest BCUT2D eigenvalue weighted by atomic mass is 9.96. The van der Waals surface area contributed by atoms with Crippen LogP contribution in [0.3, 0.4) is 0 Å². The summed E-state index contributed by atoms with van der Waals surface area (Å²) < 4.78 is 33.1. The fourth-order valence-electron chi connectivity index (χ4n) is 4.45. The number of unbranched alkanes of at least 4 members (excludes halogenated alkanes) is 3. The Labute approximate surface area is 210 Å². The van der Waals surface area contributed by atoms with Gasteiger partial charge in [-0.15, -0.1) is 0 Å². The van der Waals surface area contributed by atoms with Crippen molar-refractivity contribution in [1.29, 1.82) is 0 Å². The van der Waals surface area contributed by atoms with Gasteiger partial charge in [0.05, 0.1) is 43.5 Å². The first kappa shape index (κ1) is 27.8. The first-order valence-corrected chi connectivity index (χ1v) is 14.6. The maximum absolute atomic E-state index is 13.2. The Hall–Kier alpha value is -1.79. The van der Waals surface area contributed by atoms with Crippen LogP contribution in [0.2, 0.25) is 0 Å².